The van der Waals surface area contributed by atoms with Gasteiger partial charge >= 0.3 is 23.9 Å². The minimum atomic E-state index is -0.739. The Morgan fingerprint density at radius 1 is 0.547 bits per heavy atom. The minimum absolute atomic E-state index is 0.000217. The SMILES string of the molecule is COC(=O)c1cc2cc(CO)c(CO)cc2c(-c2ccnc(Br)c2)c1C(=O)OC.COC(=O)c1cc2cc(CO)c(CO)cc2c(-c2ccnc(N3CCC(=O)c4ccccc43)c2)c1C(=O)OC.Clc1ccccc1.O=C1CCNc2ccccc21. The van der Waals surface area contributed by atoms with Gasteiger partial charge in [-0.25, -0.2) is 29.1 Å². The lowest BCUT2D eigenvalue weighted by Crippen LogP contribution is -2.28. The number of aliphatic hydroxyl groups excluding tert-OH is 4. The van der Waals surface area contributed by atoms with Crippen molar-refractivity contribution in [3.8, 4) is 22.3 Å². The molecule has 18 nitrogen and oxygen atoms in total. The van der Waals surface area contributed by atoms with Crippen LogP contribution >= 0.6 is 27.5 Å². The summed E-state index contributed by atoms with van der Waals surface area (Å²) >= 11 is 8.86. The highest BCUT2D eigenvalue weighted by Gasteiger charge is 2.30. The fraction of sp³-hybridized carbons (Fsp3) is 0.182. The van der Waals surface area contributed by atoms with Crippen LogP contribution in [0.3, 0.4) is 0 Å². The number of hydrogen-bond donors (Lipinski definition) is 5. The molecule has 5 N–H and O–H groups in total. The molecule has 86 heavy (non-hydrogen) atoms. The van der Waals surface area contributed by atoms with Gasteiger partial charge in [0.25, 0.3) is 0 Å². The van der Waals surface area contributed by atoms with Crippen molar-refractivity contribution in [2.45, 2.75) is 39.3 Å². The Kier molecular flexibility index (Phi) is 21.2. The number of carbonyl (C=O) groups is 6. The van der Waals surface area contributed by atoms with Crippen LogP contribution in [-0.2, 0) is 45.4 Å². The maximum atomic E-state index is 13.2. The van der Waals surface area contributed by atoms with Crippen LogP contribution in [0.1, 0.15) is 97.2 Å². The predicted octanol–water partition coefficient (Wildman–Crippen LogP) is 11.4. The Balaban J connectivity index is 0.000000176. The number of nitrogens with zero attached hydrogens (tertiary/aromatic N) is 3. The summed E-state index contributed by atoms with van der Waals surface area (Å²) < 4.78 is 20.5. The quantitative estimate of drug-likeness (QED) is 0.0458. The number of ether oxygens (including phenoxy) is 4. The molecule has 0 amide bonds. The zero-order chi connectivity index (χ0) is 61.6. The maximum Gasteiger partial charge on any atom is 0.339 e. The summed E-state index contributed by atoms with van der Waals surface area (Å²) in [6, 6.07) is 41.1. The highest BCUT2D eigenvalue weighted by Crippen LogP contribution is 2.41. The number of Topliss-reactive ketones (excluding diaryl/α,β-unsaturated/α-hetero) is 2. The number of benzene rings is 7. The Morgan fingerprint density at radius 2 is 1.01 bits per heavy atom. The molecule has 0 bridgehead atoms. The van der Waals surface area contributed by atoms with Gasteiger partial charge in [0.15, 0.2) is 11.6 Å². The number of methoxy groups -OCH3 is 4. The van der Waals surface area contributed by atoms with Crippen LogP contribution in [0.25, 0.3) is 43.8 Å². The van der Waals surface area contributed by atoms with E-state index in [1.165, 1.54) is 40.6 Å². The molecule has 2 aromatic heterocycles. The van der Waals surface area contributed by atoms with E-state index >= 15 is 0 Å². The van der Waals surface area contributed by atoms with E-state index in [1.807, 2.05) is 77.7 Å². The van der Waals surface area contributed by atoms with E-state index in [9.17, 15) is 49.2 Å². The van der Waals surface area contributed by atoms with Gasteiger partial charge in [-0.15, -0.1) is 0 Å². The zero-order valence-electron chi connectivity index (χ0n) is 47.1. The molecule has 2 aliphatic rings. The summed E-state index contributed by atoms with van der Waals surface area (Å²) in [7, 11) is 4.91. The van der Waals surface area contributed by atoms with E-state index < -0.39 is 23.9 Å². The third-order valence-corrected chi connectivity index (χ3v) is 14.9. The lowest BCUT2D eigenvalue weighted by Gasteiger charge is -2.30. The van der Waals surface area contributed by atoms with Crippen molar-refractivity contribution in [3.63, 3.8) is 0 Å². The van der Waals surface area contributed by atoms with Gasteiger partial charge in [0, 0.05) is 71.3 Å². The lowest BCUT2D eigenvalue weighted by atomic mass is 9.87. The summed E-state index contributed by atoms with van der Waals surface area (Å²) in [5.74, 6) is -2.01. The second-order valence-electron chi connectivity index (χ2n) is 19.2. The summed E-state index contributed by atoms with van der Waals surface area (Å²) in [4.78, 5) is 85.6. The molecule has 9 aromatic rings. The van der Waals surface area contributed by atoms with Crippen LogP contribution in [0.15, 0.2) is 157 Å². The number of aromatic nitrogens is 2. The molecule has 440 valence electrons. The molecule has 7 aromatic carbocycles. The highest BCUT2D eigenvalue weighted by atomic mass is 79.9. The molecule has 0 atom stereocenters. The predicted molar refractivity (Wildman–Crippen MR) is 329 cm³/mol. The van der Waals surface area contributed by atoms with Gasteiger partial charge in [-0.2, -0.15) is 0 Å². The first-order valence-electron chi connectivity index (χ1n) is 26.7. The number of fused-ring (bicyclic) bond motifs is 4. The third-order valence-electron chi connectivity index (χ3n) is 14.2. The molecule has 0 fully saturated rings. The maximum absolute atomic E-state index is 13.2. The summed E-state index contributed by atoms with van der Waals surface area (Å²) in [5.41, 5.74) is 7.24. The second kappa shape index (κ2) is 29.1. The number of carbonyl (C=O) groups excluding carboxylic acids is 6. The first-order chi connectivity index (χ1) is 41.6. The van der Waals surface area contributed by atoms with Gasteiger partial charge in [-0.1, -0.05) is 54.1 Å². The number of anilines is 3. The van der Waals surface area contributed by atoms with Gasteiger partial charge in [0.2, 0.25) is 0 Å². The van der Waals surface area contributed by atoms with Gasteiger partial charge < -0.3 is 49.6 Å². The number of halogens is 2. The number of para-hydroxylation sites is 2. The molecule has 0 unspecified atom stereocenters. The normalized spacial score (nSPS) is 12.1. The first-order valence-corrected chi connectivity index (χ1v) is 27.9. The number of aliphatic hydroxyl groups is 4. The van der Waals surface area contributed by atoms with Gasteiger partial charge in [0.05, 0.1) is 82.8 Å². The fourth-order valence-corrected chi connectivity index (χ4v) is 10.6. The van der Waals surface area contributed by atoms with E-state index in [2.05, 4.69) is 31.2 Å². The van der Waals surface area contributed by atoms with Crippen molar-refractivity contribution in [2.24, 2.45) is 0 Å². The molecule has 0 spiro atoms. The summed E-state index contributed by atoms with van der Waals surface area (Å²) in [6.45, 7) is -0.0346. The number of hydrogen-bond acceptors (Lipinski definition) is 18. The highest BCUT2D eigenvalue weighted by molar-refractivity contribution is 9.10. The Bertz CT molecular complexity index is 4050. The molecular formula is C66H58BrClN4O14. The molecule has 0 saturated carbocycles. The Hall–Kier alpha value is -9.21. The number of rotatable bonds is 11. The standard InChI is InChI=1S/C30H26N2O7.C21H18BrNO6.C9H9NO.C6H5Cl/c1-38-29(36)23-12-18-11-19(15-33)20(16-34)13-22(18)27(28(23)30(37)39-2)17-7-9-31-26(14-17)32-10-8-25(35)21-5-3-4-6-24(21)32;1-28-20(26)16-6-12-5-13(9-24)14(10-25)7-15(12)18(19(16)21(27)29-2)11-3-4-23-17(22)8-11;11-9-5-6-10-8-4-2-1-3-7(8)9;7-6-4-2-1-3-5-6/h3-7,9,11-14,33-34H,8,10,15-16H2,1-2H3;3-8,24-25H,9-10H2,1-2H3;1-4,10H,5-6H2;1-5H. The van der Waals surface area contributed by atoms with Crippen molar-refractivity contribution in [2.75, 3.05) is 51.7 Å². The van der Waals surface area contributed by atoms with Crippen LogP contribution in [0.2, 0.25) is 5.02 Å². The number of esters is 4. The first kappa shape index (κ1) is 62.8. The summed E-state index contributed by atoms with van der Waals surface area (Å²) in [5, 5.41) is 45.5. The smallest absolute Gasteiger partial charge is 0.339 e. The van der Waals surface area contributed by atoms with E-state index in [0.717, 1.165) is 28.5 Å². The van der Waals surface area contributed by atoms with Crippen LogP contribution in [0.5, 0.6) is 0 Å². The van der Waals surface area contributed by atoms with Crippen LogP contribution in [0.4, 0.5) is 17.2 Å². The molecule has 4 heterocycles. The average molecular weight is 1250 g/mol. The van der Waals surface area contributed by atoms with E-state index in [1.54, 1.807) is 67.0 Å². The number of ketones is 2. The van der Waals surface area contributed by atoms with E-state index in [-0.39, 0.29) is 60.2 Å². The van der Waals surface area contributed by atoms with Gasteiger partial charge in [0.1, 0.15) is 10.4 Å². The molecule has 2 aliphatic heterocycles. The lowest BCUT2D eigenvalue weighted by molar-refractivity contribution is 0.0556. The third kappa shape index (κ3) is 13.8. The minimum Gasteiger partial charge on any atom is -0.465 e. The van der Waals surface area contributed by atoms with Crippen molar-refractivity contribution < 1.29 is 68.1 Å². The number of pyridine rings is 2. The largest absolute Gasteiger partial charge is 0.465 e. The van der Waals surface area contributed by atoms with Gasteiger partial charge in [-0.3, -0.25) is 9.59 Å². The second-order valence-corrected chi connectivity index (χ2v) is 20.4. The molecule has 11 rings (SSSR count). The average Bonchev–Trinajstić information content (AvgIpc) is 1.24. The fourth-order valence-electron chi connectivity index (χ4n) is 10.1. The Labute approximate surface area is 507 Å². The molecule has 0 aliphatic carbocycles. The molecule has 0 saturated heterocycles. The monoisotopic (exact) mass is 1240 g/mol. The van der Waals surface area contributed by atoms with Crippen LogP contribution < -0.4 is 10.2 Å². The topological polar surface area (TPSA) is 261 Å². The molecule has 0 radical (unpaired) electrons. The van der Waals surface area contributed by atoms with Gasteiger partial charge in [-0.05, 0) is 168 Å². The van der Waals surface area contributed by atoms with Crippen molar-refractivity contribution in [1.29, 1.82) is 0 Å². The van der Waals surface area contributed by atoms with Crippen LogP contribution in [-0.4, -0.2) is 107 Å². The Morgan fingerprint density at radius 3 is 1.50 bits per heavy atom. The van der Waals surface area contributed by atoms with Crippen LogP contribution in [0, 0.1) is 0 Å². The summed E-state index contributed by atoms with van der Waals surface area (Å²) in [6.07, 6.45) is 4.10. The molecule has 20 heteroatoms. The van der Waals surface area contributed by atoms with Crippen molar-refractivity contribution in [1.82, 2.24) is 9.97 Å². The molecular weight excluding hydrogens is 1190 g/mol. The van der Waals surface area contributed by atoms with Crippen molar-refractivity contribution >= 4 is 102 Å². The van der Waals surface area contributed by atoms with E-state index in [4.69, 9.17) is 30.5 Å². The zero-order valence-corrected chi connectivity index (χ0v) is 49.4. The van der Waals surface area contributed by atoms with Crippen molar-refractivity contribution in [3.05, 3.63) is 217 Å². The van der Waals surface area contributed by atoms with E-state index in [0.29, 0.717) is 101 Å². The number of nitrogens with one attached hydrogen (secondary N) is 1.